The van der Waals surface area contributed by atoms with E-state index in [2.05, 4.69) is 15.3 Å². The van der Waals surface area contributed by atoms with Gasteiger partial charge in [0.15, 0.2) is 9.84 Å². The molecule has 0 spiro atoms. The van der Waals surface area contributed by atoms with Crippen LogP contribution >= 0.6 is 11.8 Å². The number of aromatic amines is 1. The van der Waals surface area contributed by atoms with E-state index in [-0.39, 0.29) is 27.5 Å². The highest BCUT2D eigenvalue weighted by molar-refractivity contribution is 8.02. The van der Waals surface area contributed by atoms with Crippen molar-refractivity contribution in [1.82, 2.24) is 15.3 Å². The third-order valence-corrected chi connectivity index (χ3v) is 7.43. The summed E-state index contributed by atoms with van der Waals surface area (Å²) < 4.78 is 25.6. The molecule has 6 nitrogen and oxygen atoms in total. The van der Waals surface area contributed by atoms with Crippen molar-refractivity contribution in [1.29, 1.82) is 0 Å². The van der Waals surface area contributed by atoms with E-state index in [1.54, 1.807) is 42.9 Å². The van der Waals surface area contributed by atoms with Gasteiger partial charge in [0.25, 0.3) is 0 Å². The number of para-hydroxylation sites is 1. The van der Waals surface area contributed by atoms with E-state index < -0.39 is 9.84 Å². The zero-order valence-corrected chi connectivity index (χ0v) is 16.8. The van der Waals surface area contributed by atoms with Gasteiger partial charge in [0, 0.05) is 34.3 Å². The van der Waals surface area contributed by atoms with Gasteiger partial charge in [-0.3, -0.25) is 9.78 Å². The number of nitrogens with zero attached hydrogens (tertiary/aromatic N) is 1. The van der Waals surface area contributed by atoms with Crippen LogP contribution in [-0.4, -0.2) is 29.9 Å². The molecular weight excluding hydrogens is 394 g/mol. The Kier molecular flexibility index (Phi) is 4.99. The Balaban J connectivity index is 1.74. The Morgan fingerprint density at radius 2 is 2.04 bits per heavy atom. The summed E-state index contributed by atoms with van der Waals surface area (Å²) in [5, 5.41) is 5.42. The van der Waals surface area contributed by atoms with Gasteiger partial charge in [0.1, 0.15) is 10.4 Å². The molecule has 1 aromatic carbocycles. The Hall–Kier alpha value is -2.58. The second-order valence-electron chi connectivity index (χ2n) is 6.50. The number of benzene rings is 1. The van der Waals surface area contributed by atoms with Crippen LogP contribution in [0.25, 0.3) is 10.9 Å². The molecule has 144 valence electrons. The number of carbonyl (C=O) groups excluding carboxylic acids is 1. The molecule has 1 aliphatic rings. The first-order chi connectivity index (χ1) is 13.5. The first kappa shape index (κ1) is 18.8. The highest BCUT2D eigenvalue weighted by atomic mass is 32.2. The van der Waals surface area contributed by atoms with Gasteiger partial charge in [-0.2, -0.15) is 0 Å². The number of rotatable bonds is 6. The topological polar surface area (TPSA) is 91.9 Å². The van der Waals surface area contributed by atoms with Crippen molar-refractivity contribution in [2.75, 3.05) is 5.75 Å². The molecule has 3 heterocycles. The monoisotopic (exact) mass is 413 g/mol. The summed E-state index contributed by atoms with van der Waals surface area (Å²) in [7, 11) is -3.59. The minimum atomic E-state index is -3.59. The van der Waals surface area contributed by atoms with Gasteiger partial charge in [-0.1, -0.05) is 31.2 Å². The van der Waals surface area contributed by atoms with Crippen molar-refractivity contribution in [3.8, 4) is 0 Å². The number of pyridine rings is 1. The van der Waals surface area contributed by atoms with E-state index in [4.69, 9.17) is 0 Å². The molecule has 28 heavy (non-hydrogen) atoms. The fourth-order valence-electron chi connectivity index (χ4n) is 3.24. The zero-order chi connectivity index (χ0) is 19.7. The largest absolute Gasteiger partial charge is 0.366 e. The molecular formula is C20H19N3O3S2. The number of ketones is 1. The van der Waals surface area contributed by atoms with Crippen LogP contribution in [0.5, 0.6) is 0 Å². The van der Waals surface area contributed by atoms with Gasteiger partial charge in [-0.15, -0.1) is 11.8 Å². The number of hydrogen-bond acceptors (Lipinski definition) is 6. The lowest BCUT2D eigenvalue weighted by Gasteiger charge is -2.12. The predicted molar refractivity (Wildman–Crippen MR) is 111 cm³/mol. The number of allylic oxidation sites excluding steroid dienone is 1. The summed E-state index contributed by atoms with van der Waals surface area (Å²) in [6, 6.07) is 10.9. The van der Waals surface area contributed by atoms with Crippen LogP contribution in [0, 0.1) is 0 Å². The van der Waals surface area contributed by atoms with E-state index in [0.29, 0.717) is 23.0 Å². The molecule has 2 aromatic heterocycles. The quantitative estimate of drug-likeness (QED) is 0.597. The molecule has 8 heteroatoms. The van der Waals surface area contributed by atoms with E-state index in [0.717, 1.165) is 5.56 Å². The van der Waals surface area contributed by atoms with E-state index in [1.165, 1.54) is 11.8 Å². The fourth-order valence-corrected chi connectivity index (χ4v) is 5.70. The second kappa shape index (κ2) is 7.44. The lowest BCUT2D eigenvalue weighted by Crippen LogP contribution is -2.21. The van der Waals surface area contributed by atoms with Gasteiger partial charge in [-0.25, -0.2) is 8.42 Å². The third-order valence-electron chi connectivity index (χ3n) is 4.52. The lowest BCUT2D eigenvalue weighted by atomic mass is 10.1. The Bertz CT molecular complexity index is 1170. The highest BCUT2D eigenvalue weighted by Crippen LogP contribution is 2.36. The maximum absolute atomic E-state index is 13.3. The molecule has 2 N–H and O–H groups in total. The molecule has 0 aliphatic carbocycles. The van der Waals surface area contributed by atoms with Crippen molar-refractivity contribution in [2.24, 2.45) is 0 Å². The summed E-state index contributed by atoms with van der Waals surface area (Å²) in [5.74, 6) is -0.342. The molecule has 0 saturated heterocycles. The summed E-state index contributed by atoms with van der Waals surface area (Å²) in [5.41, 5.74) is 2.17. The number of nitrogens with one attached hydrogen (secondary N) is 2. The molecule has 0 amide bonds. The van der Waals surface area contributed by atoms with Crippen molar-refractivity contribution in [2.45, 2.75) is 23.7 Å². The number of Topliss-reactive ketones (excluding diaryl/α,β-unsaturated/α-hetero) is 1. The maximum atomic E-state index is 13.3. The van der Waals surface area contributed by atoms with Gasteiger partial charge < -0.3 is 10.3 Å². The second-order valence-corrected chi connectivity index (χ2v) is 9.53. The first-order valence-electron chi connectivity index (χ1n) is 8.91. The predicted octanol–water partition coefficient (Wildman–Crippen LogP) is 3.81. The molecule has 0 bridgehead atoms. The van der Waals surface area contributed by atoms with Crippen LogP contribution in [0.4, 0.5) is 0 Å². The van der Waals surface area contributed by atoms with Crippen molar-refractivity contribution in [3.05, 3.63) is 71.0 Å². The molecule has 4 rings (SSSR count). The van der Waals surface area contributed by atoms with Crippen LogP contribution in [-0.2, 0) is 9.84 Å². The van der Waals surface area contributed by atoms with Gasteiger partial charge >= 0.3 is 0 Å². The third kappa shape index (κ3) is 3.33. The van der Waals surface area contributed by atoms with Crippen LogP contribution in [0.2, 0.25) is 0 Å². The summed E-state index contributed by atoms with van der Waals surface area (Å²) in [6.07, 6.45) is 3.92. The van der Waals surface area contributed by atoms with Crippen LogP contribution in [0.15, 0.2) is 64.9 Å². The first-order valence-corrected chi connectivity index (χ1v) is 11.5. The number of H-pyrrole nitrogens is 1. The van der Waals surface area contributed by atoms with Gasteiger partial charge in [0.2, 0.25) is 5.78 Å². The summed E-state index contributed by atoms with van der Waals surface area (Å²) in [6.45, 7) is 1.80. The SMILES string of the molecule is CCCS(=O)(=O)c1[nH]c2ccccc2c1C(=O)C1=CSC(c2cccnc2)N1. The summed E-state index contributed by atoms with van der Waals surface area (Å²) in [4.78, 5) is 20.4. The highest BCUT2D eigenvalue weighted by Gasteiger charge is 2.31. The molecule has 0 radical (unpaired) electrons. The minimum Gasteiger partial charge on any atom is -0.366 e. The number of hydrogen-bond donors (Lipinski definition) is 2. The van der Waals surface area contributed by atoms with Crippen molar-refractivity contribution >= 4 is 38.3 Å². The normalized spacial score (nSPS) is 16.8. The standard InChI is InChI=1S/C20H19N3O3S2/c1-2-10-28(25,26)20-17(14-7-3-4-8-15(14)23-20)18(24)16-12-27-19(22-16)13-6-5-9-21-11-13/h3-9,11-12,19,22-23H,2,10H2,1H3. The Morgan fingerprint density at radius 3 is 2.79 bits per heavy atom. The number of thioether (sulfide) groups is 1. The van der Waals surface area contributed by atoms with Crippen LogP contribution in [0.1, 0.15) is 34.6 Å². The molecule has 0 saturated carbocycles. The smallest absolute Gasteiger partial charge is 0.212 e. The summed E-state index contributed by atoms with van der Waals surface area (Å²) >= 11 is 1.46. The number of fused-ring (bicyclic) bond motifs is 1. The van der Waals surface area contributed by atoms with E-state index >= 15 is 0 Å². The van der Waals surface area contributed by atoms with Crippen LogP contribution < -0.4 is 5.32 Å². The van der Waals surface area contributed by atoms with Crippen molar-refractivity contribution in [3.63, 3.8) is 0 Å². The average molecular weight is 414 g/mol. The Labute approximate surface area is 167 Å². The molecule has 1 aliphatic heterocycles. The molecule has 0 fully saturated rings. The van der Waals surface area contributed by atoms with Gasteiger partial charge in [-0.05, 0) is 18.6 Å². The number of aromatic nitrogens is 2. The van der Waals surface area contributed by atoms with Gasteiger partial charge in [0.05, 0.1) is 17.0 Å². The van der Waals surface area contributed by atoms with E-state index in [9.17, 15) is 13.2 Å². The zero-order valence-electron chi connectivity index (χ0n) is 15.2. The van der Waals surface area contributed by atoms with E-state index in [1.807, 2.05) is 18.2 Å². The number of sulfone groups is 1. The average Bonchev–Trinajstić information content (AvgIpc) is 3.34. The minimum absolute atomic E-state index is 0.00178. The molecule has 1 atom stereocenters. The number of carbonyl (C=O) groups is 1. The molecule has 3 aromatic rings. The Morgan fingerprint density at radius 1 is 1.21 bits per heavy atom. The maximum Gasteiger partial charge on any atom is 0.212 e. The fraction of sp³-hybridized carbons (Fsp3) is 0.200. The lowest BCUT2D eigenvalue weighted by molar-refractivity contribution is 0.102. The van der Waals surface area contributed by atoms with Crippen LogP contribution in [0.3, 0.4) is 0 Å². The van der Waals surface area contributed by atoms with Crippen molar-refractivity contribution < 1.29 is 13.2 Å². The molecule has 1 unspecified atom stereocenters.